The predicted molar refractivity (Wildman–Crippen MR) is 91.5 cm³/mol. The number of rotatable bonds is 8. The van der Waals surface area contributed by atoms with Crippen LogP contribution in [0.1, 0.15) is 18.7 Å². The number of methoxy groups -OCH3 is 2. The number of carbonyl (C=O) groups excluding carboxylic acids is 1. The van der Waals surface area contributed by atoms with E-state index in [9.17, 15) is 13.2 Å². The van der Waals surface area contributed by atoms with Gasteiger partial charge in [0.05, 0.1) is 14.2 Å². The Morgan fingerprint density at radius 3 is 2.65 bits per heavy atom. The molecule has 0 spiro atoms. The Balaban J connectivity index is 1.70. The van der Waals surface area contributed by atoms with E-state index in [4.69, 9.17) is 14.0 Å². The van der Waals surface area contributed by atoms with Crippen molar-refractivity contribution in [3.63, 3.8) is 0 Å². The van der Waals surface area contributed by atoms with Crippen LogP contribution in [0, 0.1) is 0 Å². The summed E-state index contributed by atoms with van der Waals surface area (Å²) in [6.07, 6.45) is 1.79. The molecule has 9 nitrogen and oxygen atoms in total. The highest BCUT2D eigenvalue weighted by atomic mass is 32.2. The standard InChI is InChI=1S/C16H19N3O6S/c1-23-12-6-3-10(7-13(12)24-2)16-18-15(25-19-16)9-26(21,22)8-14(20)17-11-4-5-11/h3,6-7,11H,4-5,8-9H2,1-2H3,(H,17,20). The van der Waals surface area contributed by atoms with Crippen molar-refractivity contribution in [1.29, 1.82) is 0 Å². The second-order valence-electron chi connectivity index (χ2n) is 5.96. The summed E-state index contributed by atoms with van der Waals surface area (Å²) in [5, 5.41) is 6.43. The van der Waals surface area contributed by atoms with Crippen LogP contribution >= 0.6 is 0 Å². The zero-order valence-corrected chi connectivity index (χ0v) is 15.2. The molecule has 1 aliphatic rings. The van der Waals surface area contributed by atoms with Gasteiger partial charge >= 0.3 is 0 Å². The van der Waals surface area contributed by atoms with Crippen LogP contribution in [-0.4, -0.2) is 50.5 Å². The summed E-state index contributed by atoms with van der Waals surface area (Å²) in [5.41, 5.74) is 0.585. The van der Waals surface area contributed by atoms with Crippen molar-refractivity contribution in [3.05, 3.63) is 24.1 Å². The SMILES string of the molecule is COc1ccc(-c2noc(CS(=O)(=O)CC(=O)NC3CC3)n2)cc1OC. The normalized spacial score (nSPS) is 14.1. The number of aromatic nitrogens is 2. The van der Waals surface area contributed by atoms with Crippen molar-refractivity contribution in [2.24, 2.45) is 0 Å². The van der Waals surface area contributed by atoms with Gasteiger partial charge in [-0.25, -0.2) is 8.42 Å². The maximum Gasteiger partial charge on any atom is 0.242 e. The molecule has 1 amide bonds. The molecule has 10 heteroatoms. The monoisotopic (exact) mass is 381 g/mol. The van der Waals surface area contributed by atoms with Crippen LogP contribution in [0.3, 0.4) is 0 Å². The van der Waals surface area contributed by atoms with Gasteiger partial charge in [0.15, 0.2) is 21.3 Å². The molecule has 0 aliphatic heterocycles. The van der Waals surface area contributed by atoms with Crippen molar-refractivity contribution < 1.29 is 27.2 Å². The number of sulfone groups is 1. The highest BCUT2D eigenvalue weighted by Gasteiger charge is 2.27. The molecule has 3 rings (SSSR count). The molecule has 1 fully saturated rings. The van der Waals surface area contributed by atoms with E-state index in [-0.39, 0.29) is 17.8 Å². The molecule has 1 heterocycles. The zero-order valence-electron chi connectivity index (χ0n) is 14.4. The van der Waals surface area contributed by atoms with Crippen molar-refractivity contribution in [2.75, 3.05) is 20.0 Å². The summed E-state index contributed by atoms with van der Waals surface area (Å²) in [4.78, 5) is 15.8. The van der Waals surface area contributed by atoms with Gasteiger partial charge in [-0.15, -0.1) is 0 Å². The Morgan fingerprint density at radius 2 is 2.00 bits per heavy atom. The summed E-state index contributed by atoms with van der Waals surface area (Å²) >= 11 is 0. The summed E-state index contributed by atoms with van der Waals surface area (Å²) < 4.78 is 39.6. The van der Waals surface area contributed by atoms with Crippen molar-refractivity contribution in [2.45, 2.75) is 24.6 Å². The molecule has 1 aromatic carbocycles. The van der Waals surface area contributed by atoms with E-state index >= 15 is 0 Å². The van der Waals surface area contributed by atoms with Gasteiger partial charge in [0.25, 0.3) is 0 Å². The third kappa shape index (κ3) is 4.51. The van der Waals surface area contributed by atoms with E-state index in [1.165, 1.54) is 14.2 Å². The molecule has 1 saturated carbocycles. The van der Waals surface area contributed by atoms with Crippen molar-refractivity contribution in [3.8, 4) is 22.9 Å². The maximum absolute atomic E-state index is 12.1. The second kappa shape index (κ2) is 7.32. The smallest absolute Gasteiger partial charge is 0.242 e. The molecule has 0 unspecified atom stereocenters. The molecule has 26 heavy (non-hydrogen) atoms. The molecule has 1 N–H and O–H groups in total. The summed E-state index contributed by atoms with van der Waals surface area (Å²) in [5.74, 6) is -0.423. The van der Waals surface area contributed by atoms with Crippen LogP contribution in [-0.2, 0) is 20.4 Å². The van der Waals surface area contributed by atoms with Gasteiger partial charge in [0, 0.05) is 11.6 Å². The largest absolute Gasteiger partial charge is 0.493 e. The van der Waals surface area contributed by atoms with E-state index < -0.39 is 27.3 Å². The number of hydrogen-bond donors (Lipinski definition) is 1. The third-order valence-corrected chi connectivity index (χ3v) is 5.14. The van der Waals surface area contributed by atoms with E-state index in [2.05, 4.69) is 15.5 Å². The van der Waals surface area contributed by atoms with Crippen LogP contribution in [0.2, 0.25) is 0 Å². The van der Waals surface area contributed by atoms with Crippen molar-refractivity contribution in [1.82, 2.24) is 15.5 Å². The number of amides is 1. The van der Waals surface area contributed by atoms with Gasteiger partial charge in [-0.2, -0.15) is 4.98 Å². The number of hydrogen-bond acceptors (Lipinski definition) is 8. The van der Waals surface area contributed by atoms with Gasteiger partial charge in [-0.1, -0.05) is 5.16 Å². The van der Waals surface area contributed by atoms with E-state index in [0.717, 1.165) is 12.8 Å². The van der Waals surface area contributed by atoms with Crippen LogP contribution in [0.5, 0.6) is 11.5 Å². The molecule has 0 bridgehead atoms. The van der Waals surface area contributed by atoms with Gasteiger partial charge in [-0.3, -0.25) is 4.79 Å². The molecule has 0 atom stereocenters. The minimum absolute atomic E-state index is 0.0750. The number of nitrogens with zero attached hydrogens (tertiary/aromatic N) is 2. The van der Waals surface area contributed by atoms with Crippen LogP contribution in [0.4, 0.5) is 0 Å². The first-order valence-electron chi connectivity index (χ1n) is 7.95. The summed E-state index contributed by atoms with van der Waals surface area (Å²) in [6.45, 7) is 0. The Bertz CT molecular complexity index is 904. The second-order valence-corrected chi connectivity index (χ2v) is 8.02. The van der Waals surface area contributed by atoms with Crippen LogP contribution < -0.4 is 14.8 Å². The Morgan fingerprint density at radius 1 is 1.27 bits per heavy atom. The highest BCUT2D eigenvalue weighted by molar-refractivity contribution is 7.91. The Kier molecular flexibility index (Phi) is 5.12. The Labute approximate surface area is 150 Å². The van der Waals surface area contributed by atoms with Crippen LogP contribution in [0.15, 0.2) is 22.7 Å². The first kappa shape index (κ1) is 18.2. The third-order valence-electron chi connectivity index (χ3n) is 3.75. The molecular weight excluding hydrogens is 362 g/mol. The van der Waals surface area contributed by atoms with Crippen LogP contribution in [0.25, 0.3) is 11.4 Å². The number of ether oxygens (including phenoxy) is 2. The minimum atomic E-state index is -3.70. The lowest BCUT2D eigenvalue weighted by atomic mass is 10.2. The predicted octanol–water partition coefficient (Wildman–Crippen LogP) is 0.947. The zero-order chi connectivity index (χ0) is 18.7. The maximum atomic E-state index is 12.1. The molecule has 1 aromatic heterocycles. The average Bonchev–Trinajstić information content (AvgIpc) is 3.28. The van der Waals surface area contributed by atoms with E-state index in [1.807, 2.05) is 0 Å². The molecule has 0 saturated heterocycles. The molecular formula is C16H19N3O6S. The van der Waals surface area contributed by atoms with E-state index in [0.29, 0.717) is 17.1 Å². The molecule has 0 radical (unpaired) electrons. The van der Waals surface area contributed by atoms with Gasteiger partial charge in [0.1, 0.15) is 11.5 Å². The fraction of sp³-hybridized carbons (Fsp3) is 0.438. The fourth-order valence-corrected chi connectivity index (χ4v) is 3.42. The average molecular weight is 381 g/mol. The molecule has 2 aromatic rings. The number of benzene rings is 1. The first-order valence-corrected chi connectivity index (χ1v) is 9.77. The summed E-state index contributed by atoms with van der Waals surface area (Å²) in [7, 11) is -0.672. The van der Waals surface area contributed by atoms with E-state index in [1.54, 1.807) is 18.2 Å². The van der Waals surface area contributed by atoms with Gasteiger partial charge in [-0.05, 0) is 31.0 Å². The minimum Gasteiger partial charge on any atom is -0.493 e. The topological polar surface area (TPSA) is 121 Å². The number of carbonyl (C=O) groups is 1. The highest BCUT2D eigenvalue weighted by Crippen LogP contribution is 2.31. The van der Waals surface area contributed by atoms with Gasteiger partial charge in [0.2, 0.25) is 17.6 Å². The Hall–Kier alpha value is -2.62. The lowest BCUT2D eigenvalue weighted by Gasteiger charge is -2.07. The first-order chi connectivity index (χ1) is 12.4. The fourth-order valence-electron chi connectivity index (χ4n) is 2.34. The van der Waals surface area contributed by atoms with Crippen molar-refractivity contribution >= 4 is 15.7 Å². The lowest BCUT2D eigenvalue weighted by Crippen LogP contribution is -2.32. The number of nitrogens with one attached hydrogen (secondary N) is 1. The lowest BCUT2D eigenvalue weighted by molar-refractivity contribution is -0.118. The quantitative estimate of drug-likeness (QED) is 0.717. The molecule has 140 valence electrons. The van der Waals surface area contributed by atoms with Gasteiger partial charge < -0.3 is 19.3 Å². The molecule has 1 aliphatic carbocycles. The summed E-state index contributed by atoms with van der Waals surface area (Å²) in [6, 6.07) is 5.15.